The standard InChI is InChI=1S/C26H38N6O/c1-19-22(16-29-30-19)15-28-25(33)10-2-9-24-23-8-5-13-31-12-4-7-21(26(23)31)18-32(24)17-20-6-3-11-27-14-20/h3,6,11,14,16,21,23-24,26H,2,4-5,7-10,12-13,15,17-18H2,1H3,(H,28,33)(H,29,30)/t21-,23+,24+,26-/m0/s1. The van der Waals surface area contributed by atoms with Gasteiger partial charge in [0.1, 0.15) is 0 Å². The molecule has 7 heteroatoms. The molecule has 0 saturated carbocycles. The van der Waals surface area contributed by atoms with E-state index < -0.39 is 0 Å². The molecule has 0 aliphatic carbocycles. The summed E-state index contributed by atoms with van der Waals surface area (Å²) in [6.45, 7) is 7.26. The molecule has 0 aromatic carbocycles. The van der Waals surface area contributed by atoms with Crippen molar-refractivity contribution in [3.63, 3.8) is 0 Å². The second kappa shape index (κ2) is 10.3. The van der Waals surface area contributed by atoms with Gasteiger partial charge in [0.2, 0.25) is 5.91 Å². The molecule has 3 saturated heterocycles. The van der Waals surface area contributed by atoms with E-state index in [0.29, 0.717) is 19.0 Å². The van der Waals surface area contributed by atoms with Gasteiger partial charge in [-0.2, -0.15) is 5.10 Å². The summed E-state index contributed by atoms with van der Waals surface area (Å²) in [5.41, 5.74) is 3.38. The highest BCUT2D eigenvalue weighted by atomic mass is 16.1. The molecule has 1 amide bonds. The number of likely N-dealkylation sites (tertiary alicyclic amines) is 1. The molecular weight excluding hydrogens is 412 g/mol. The van der Waals surface area contributed by atoms with Gasteiger partial charge in [0.15, 0.2) is 0 Å². The highest BCUT2D eigenvalue weighted by Crippen LogP contribution is 2.43. The van der Waals surface area contributed by atoms with E-state index in [9.17, 15) is 4.79 Å². The first-order valence-corrected chi connectivity index (χ1v) is 12.8. The topological polar surface area (TPSA) is 77.2 Å². The van der Waals surface area contributed by atoms with Gasteiger partial charge < -0.3 is 5.32 Å². The molecule has 2 N–H and O–H groups in total. The largest absolute Gasteiger partial charge is 0.352 e. The summed E-state index contributed by atoms with van der Waals surface area (Å²) in [4.78, 5) is 22.4. The summed E-state index contributed by atoms with van der Waals surface area (Å²) < 4.78 is 0. The summed E-state index contributed by atoms with van der Waals surface area (Å²) in [5.74, 6) is 1.66. The summed E-state index contributed by atoms with van der Waals surface area (Å²) in [7, 11) is 0. The normalized spacial score (nSPS) is 27.8. The molecule has 7 nitrogen and oxygen atoms in total. The van der Waals surface area contributed by atoms with E-state index in [1.54, 1.807) is 6.20 Å². The van der Waals surface area contributed by atoms with Crippen molar-refractivity contribution in [1.82, 2.24) is 30.3 Å². The zero-order chi connectivity index (χ0) is 22.6. The minimum Gasteiger partial charge on any atom is -0.352 e. The molecule has 0 radical (unpaired) electrons. The Balaban J connectivity index is 1.23. The zero-order valence-electron chi connectivity index (χ0n) is 19.9. The summed E-state index contributed by atoms with van der Waals surface area (Å²) in [5, 5.41) is 10.0. The molecule has 2 aromatic rings. The Bertz CT molecular complexity index is 913. The van der Waals surface area contributed by atoms with Crippen molar-refractivity contribution in [2.24, 2.45) is 11.8 Å². The van der Waals surface area contributed by atoms with Crippen molar-refractivity contribution in [1.29, 1.82) is 0 Å². The fourth-order valence-corrected chi connectivity index (χ4v) is 6.70. The number of nitrogens with one attached hydrogen (secondary N) is 2. The first kappa shape index (κ1) is 22.5. The smallest absolute Gasteiger partial charge is 0.220 e. The minimum atomic E-state index is 0.144. The van der Waals surface area contributed by atoms with E-state index >= 15 is 0 Å². The van der Waals surface area contributed by atoms with Gasteiger partial charge in [0.05, 0.1) is 6.20 Å². The number of pyridine rings is 1. The highest BCUT2D eigenvalue weighted by molar-refractivity contribution is 5.75. The van der Waals surface area contributed by atoms with Crippen LogP contribution in [0.15, 0.2) is 30.7 Å². The molecular formula is C26H38N6O. The molecule has 33 heavy (non-hydrogen) atoms. The van der Waals surface area contributed by atoms with Crippen LogP contribution >= 0.6 is 0 Å². The number of piperidine rings is 3. The van der Waals surface area contributed by atoms with Gasteiger partial charge in [-0.15, -0.1) is 0 Å². The zero-order valence-corrected chi connectivity index (χ0v) is 19.9. The van der Waals surface area contributed by atoms with Gasteiger partial charge >= 0.3 is 0 Å². The summed E-state index contributed by atoms with van der Waals surface area (Å²) in [6, 6.07) is 5.55. The number of aromatic nitrogens is 3. The number of H-pyrrole nitrogens is 1. The fourth-order valence-electron chi connectivity index (χ4n) is 6.70. The third kappa shape index (κ3) is 5.14. The number of hydrogen-bond acceptors (Lipinski definition) is 5. The Morgan fingerprint density at radius 2 is 2.12 bits per heavy atom. The predicted molar refractivity (Wildman–Crippen MR) is 128 cm³/mol. The summed E-state index contributed by atoms with van der Waals surface area (Å²) >= 11 is 0. The van der Waals surface area contributed by atoms with Crippen LogP contribution in [0.25, 0.3) is 0 Å². The predicted octanol–water partition coefficient (Wildman–Crippen LogP) is 3.27. The van der Waals surface area contributed by atoms with Gasteiger partial charge in [0.25, 0.3) is 0 Å². The van der Waals surface area contributed by atoms with Crippen LogP contribution in [-0.2, 0) is 17.9 Å². The lowest BCUT2D eigenvalue weighted by molar-refractivity contribution is -0.121. The molecule has 0 bridgehead atoms. The van der Waals surface area contributed by atoms with Crippen molar-refractivity contribution in [2.45, 2.75) is 77.0 Å². The molecule has 3 aliphatic rings. The lowest BCUT2D eigenvalue weighted by Gasteiger charge is -2.57. The molecule has 0 unspecified atom stereocenters. The van der Waals surface area contributed by atoms with Gasteiger partial charge in [0, 0.05) is 61.8 Å². The minimum absolute atomic E-state index is 0.144. The van der Waals surface area contributed by atoms with Crippen molar-refractivity contribution in [2.75, 3.05) is 19.6 Å². The first-order valence-electron chi connectivity index (χ1n) is 12.8. The van der Waals surface area contributed by atoms with Gasteiger partial charge in [-0.25, -0.2) is 0 Å². The number of aryl methyl sites for hydroxylation is 1. The van der Waals surface area contributed by atoms with Crippen molar-refractivity contribution in [3.8, 4) is 0 Å². The molecule has 2 aromatic heterocycles. The quantitative estimate of drug-likeness (QED) is 0.645. The maximum Gasteiger partial charge on any atom is 0.220 e. The third-order valence-electron chi connectivity index (χ3n) is 8.20. The Hall–Kier alpha value is -2.25. The lowest BCUT2D eigenvalue weighted by atomic mass is 9.69. The highest BCUT2D eigenvalue weighted by Gasteiger charge is 2.48. The van der Waals surface area contributed by atoms with E-state index in [1.165, 1.54) is 50.9 Å². The van der Waals surface area contributed by atoms with E-state index in [-0.39, 0.29) is 5.91 Å². The number of rotatable bonds is 8. The number of carbonyl (C=O) groups is 1. The van der Waals surface area contributed by atoms with Crippen molar-refractivity contribution < 1.29 is 4.79 Å². The van der Waals surface area contributed by atoms with E-state index in [1.807, 2.05) is 25.4 Å². The SMILES string of the molecule is Cc1[nH]ncc1CNC(=O)CCC[C@@H]1[C@H]2CCCN3CCC[C@@H](CN1Cc1cccnc1)[C@@H]23. The molecule has 5 heterocycles. The number of hydrogen-bond donors (Lipinski definition) is 2. The monoisotopic (exact) mass is 450 g/mol. The van der Waals surface area contributed by atoms with Gasteiger partial charge in [-0.1, -0.05) is 6.07 Å². The van der Waals surface area contributed by atoms with Gasteiger partial charge in [-0.3, -0.25) is 24.7 Å². The van der Waals surface area contributed by atoms with Crippen LogP contribution in [0.5, 0.6) is 0 Å². The first-order chi connectivity index (χ1) is 16.2. The van der Waals surface area contributed by atoms with Gasteiger partial charge in [-0.05, 0) is 82.0 Å². The molecule has 5 rings (SSSR count). The Morgan fingerprint density at radius 3 is 2.91 bits per heavy atom. The molecule has 4 atom stereocenters. The maximum absolute atomic E-state index is 12.5. The summed E-state index contributed by atoms with van der Waals surface area (Å²) in [6.07, 6.45) is 13.7. The maximum atomic E-state index is 12.5. The molecule has 178 valence electrons. The molecule has 0 spiro atoms. The second-order valence-corrected chi connectivity index (χ2v) is 10.3. The Kier molecular flexibility index (Phi) is 7.07. The molecule has 3 aliphatic heterocycles. The van der Waals surface area contributed by atoms with Crippen molar-refractivity contribution >= 4 is 5.91 Å². The van der Waals surface area contributed by atoms with Crippen molar-refractivity contribution in [3.05, 3.63) is 47.5 Å². The average molecular weight is 451 g/mol. The van der Waals surface area contributed by atoms with Crippen LogP contribution in [0.1, 0.15) is 61.8 Å². The van der Waals surface area contributed by atoms with Crippen LogP contribution in [0.3, 0.4) is 0 Å². The van der Waals surface area contributed by atoms with Crippen LogP contribution in [0.4, 0.5) is 0 Å². The number of amides is 1. The van der Waals surface area contributed by atoms with E-state index in [2.05, 4.69) is 36.4 Å². The average Bonchev–Trinajstić information content (AvgIpc) is 3.25. The van der Waals surface area contributed by atoms with Crippen LogP contribution in [0, 0.1) is 18.8 Å². The fraction of sp³-hybridized carbons (Fsp3) is 0.654. The Morgan fingerprint density at radius 1 is 1.24 bits per heavy atom. The number of carbonyl (C=O) groups excluding carboxylic acids is 1. The van der Waals surface area contributed by atoms with Crippen LogP contribution in [-0.4, -0.2) is 62.6 Å². The second-order valence-electron chi connectivity index (χ2n) is 10.3. The number of nitrogens with zero attached hydrogens (tertiary/aromatic N) is 4. The number of aromatic amines is 1. The third-order valence-corrected chi connectivity index (χ3v) is 8.20. The molecule has 3 fully saturated rings. The van der Waals surface area contributed by atoms with Crippen LogP contribution in [0.2, 0.25) is 0 Å². The lowest BCUT2D eigenvalue weighted by Crippen LogP contribution is -2.64. The van der Waals surface area contributed by atoms with Crippen LogP contribution < -0.4 is 5.32 Å². The van der Waals surface area contributed by atoms with E-state index in [0.717, 1.165) is 48.5 Å². The van der Waals surface area contributed by atoms with E-state index in [4.69, 9.17) is 0 Å². The Labute approximate surface area is 197 Å².